The topological polar surface area (TPSA) is 113 Å². The molecule has 1 saturated heterocycles. The first kappa shape index (κ1) is 24.9. The molecule has 36 heavy (non-hydrogen) atoms. The minimum Gasteiger partial charge on any atom is -0.496 e. The third-order valence-electron chi connectivity index (χ3n) is 6.32. The molecule has 4 heterocycles. The molecular weight excluding hydrogens is 550 g/mol. The van der Waals surface area contributed by atoms with Crippen molar-refractivity contribution in [1.82, 2.24) is 24.3 Å². The Morgan fingerprint density at radius 3 is 2.86 bits per heavy atom. The standard InChI is InChI=1S/C24H26BrN5O5S/c1-29-22(31)20-15(21(25)36-23(20)30(24(29)32)12-18-26-13-27-28-18)11-17(35-19-9-5-6-10-34-19)14-7-3-4-8-16(14)33-2/h3-4,7-8,13,17,19H,5-6,9-12H2,1-2H3,(H,26,27,28)/t17-,19?/m1/s1. The van der Waals surface area contributed by atoms with Crippen molar-refractivity contribution in [2.75, 3.05) is 13.7 Å². The highest BCUT2D eigenvalue weighted by atomic mass is 79.9. The summed E-state index contributed by atoms with van der Waals surface area (Å²) in [6.07, 6.45) is 3.84. The fourth-order valence-electron chi connectivity index (χ4n) is 4.49. The molecule has 1 aliphatic heterocycles. The lowest BCUT2D eigenvalue weighted by Gasteiger charge is -2.29. The maximum atomic E-state index is 13.4. The Kier molecular flexibility index (Phi) is 7.37. The number of thiophene rings is 1. The zero-order valence-electron chi connectivity index (χ0n) is 19.9. The first-order valence-corrected chi connectivity index (χ1v) is 13.2. The zero-order chi connectivity index (χ0) is 25.2. The van der Waals surface area contributed by atoms with E-state index in [4.69, 9.17) is 14.2 Å². The Labute approximate surface area is 219 Å². The van der Waals surface area contributed by atoms with Crippen LogP contribution in [0.15, 0.2) is 44.0 Å². The number of hydrogen-bond acceptors (Lipinski definition) is 8. The van der Waals surface area contributed by atoms with E-state index in [2.05, 4.69) is 31.1 Å². The number of hydrogen-bond donors (Lipinski definition) is 1. The lowest BCUT2D eigenvalue weighted by molar-refractivity contribution is -0.189. The molecule has 1 fully saturated rings. The maximum absolute atomic E-state index is 13.4. The molecule has 1 aliphatic rings. The fourth-order valence-corrected chi connectivity index (χ4v) is 6.35. The highest BCUT2D eigenvalue weighted by Gasteiger charge is 2.28. The van der Waals surface area contributed by atoms with E-state index in [0.717, 1.165) is 38.7 Å². The van der Waals surface area contributed by atoms with Crippen LogP contribution in [0.5, 0.6) is 5.75 Å². The second kappa shape index (κ2) is 10.7. The third kappa shape index (κ3) is 4.77. The molecule has 10 nitrogen and oxygen atoms in total. The number of nitrogens with zero attached hydrogens (tertiary/aromatic N) is 4. The van der Waals surface area contributed by atoms with Gasteiger partial charge in [-0.15, -0.1) is 11.3 Å². The first-order chi connectivity index (χ1) is 17.5. The summed E-state index contributed by atoms with van der Waals surface area (Å²) >= 11 is 5.01. The van der Waals surface area contributed by atoms with E-state index in [-0.39, 0.29) is 18.4 Å². The van der Waals surface area contributed by atoms with E-state index in [1.807, 2.05) is 24.3 Å². The lowest BCUT2D eigenvalue weighted by Crippen LogP contribution is -2.38. The Morgan fingerprint density at radius 2 is 2.14 bits per heavy atom. The van der Waals surface area contributed by atoms with Crippen LogP contribution in [-0.4, -0.2) is 44.3 Å². The van der Waals surface area contributed by atoms with Crippen LogP contribution in [0.25, 0.3) is 10.2 Å². The molecule has 1 aromatic carbocycles. The number of ether oxygens (including phenoxy) is 3. The number of fused-ring (bicyclic) bond motifs is 1. The van der Waals surface area contributed by atoms with Crippen molar-refractivity contribution >= 4 is 37.5 Å². The summed E-state index contributed by atoms with van der Waals surface area (Å²) in [6, 6.07) is 7.70. The van der Waals surface area contributed by atoms with Crippen molar-refractivity contribution < 1.29 is 14.2 Å². The molecule has 0 saturated carbocycles. The molecule has 5 rings (SSSR count). The van der Waals surface area contributed by atoms with Crippen molar-refractivity contribution in [2.24, 2.45) is 7.05 Å². The van der Waals surface area contributed by atoms with E-state index in [0.29, 0.717) is 34.8 Å². The Balaban J connectivity index is 1.62. The van der Waals surface area contributed by atoms with Gasteiger partial charge >= 0.3 is 5.69 Å². The van der Waals surface area contributed by atoms with Gasteiger partial charge in [-0.05, 0) is 46.8 Å². The first-order valence-electron chi connectivity index (χ1n) is 11.6. The van der Waals surface area contributed by atoms with Crippen LogP contribution in [0.2, 0.25) is 0 Å². The summed E-state index contributed by atoms with van der Waals surface area (Å²) < 4.78 is 21.4. The predicted molar refractivity (Wildman–Crippen MR) is 139 cm³/mol. The molecule has 190 valence electrons. The van der Waals surface area contributed by atoms with Gasteiger partial charge in [0.15, 0.2) is 6.29 Å². The van der Waals surface area contributed by atoms with Gasteiger partial charge in [0, 0.05) is 25.6 Å². The van der Waals surface area contributed by atoms with Crippen molar-refractivity contribution in [1.29, 1.82) is 0 Å². The van der Waals surface area contributed by atoms with Gasteiger partial charge in [-0.3, -0.25) is 19.0 Å². The highest BCUT2D eigenvalue weighted by Crippen LogP contribution is 2.39. The van der Waals surface area contributed by atoms with Crippen molar-refractivity contribution in [3.05, 3.63) is 72.2 Å². The summed E-state index contributed by atoms with van der Waals surface area (Å²) in [5.74, 6) is 1.22. The Hall–Kier alpha value is -2.80. The van der Waals surface area contributed by atoms with Crippen LogP contribution in [0.1, 0.15) is 42.3 Å². The van der Waals surface area contributed by atoms with Crippen molar-refractivity contribution in [3.63, 3.8) is 0 Å². The Bertz CT molecular complexity index is 1470. The van der Waals surface area contributed by atoms with Crippen LogP contribution in [0.4, 0.5) is 0 Å². The smallest absolute Gasteiger partial charge is 0.332 e. The van der Waals surface area contributed by atoms with Gasteiger partial charge in [0.1, 0.15) is 22.7 Å². The van der Waals surface area contributed by atoms with Gasteiger partial charge in [0.05, 0.1) is 28.9 Å². The van der Waals surface area contributed by atoms with Gasteiger partial charge in [-0.25, -0.2) is 9.78 Å². The van der Waals surface area contributed by atoms with Crippen LogP contribution in [-0.2, 0) is 29.5 Å². The molecule has 0 radical (unpaired) electrons. The number of benzene rings is 1. The van der Waals surface area contributed by atoms with Crippen molar-refractivity contribution in [2.45, 2.75) is 44.6 Å². The second-order valence-electron chi connectivity index (χ2n) is 8.57. The lowest BCUT2D eigenvalue weighted by atomic mass is 10.00. The molecule has 2 atom stereocenters. The van der Waals surface area contributed by atoms with Crippen LogP contribution < -0.4 is 16.0 Å². The summed E-state index contributed by atoms with van der Waals surface area (Å²) in [5.41, 5.74) is 0.867. The molecule has 1 N–H and O–H groups in total. The number of para-hydroxylation sites is 1. The molecular formula is C24H26BrN5O5S. The average Bonchev–Trinajstić information content (AvgIpc) is 3.53. The summed E-state index contributed by atoms with van der Waals surface area (Å²) in [4.78, 5) is 31.1. The SMILES string of the molecule is COc1ccccc1[C@@H](Cc1c(Br)sc2c1c(=O)n(C)c(=O)n2Cc1ncn[nH]1)OC1CCCCO1. The predicted octanol–water partition coefficient (Wildman–Crippen LogP) is 3.53. The second-order valence-corrected chi connectivity index (χ2v) is 10.9. The number of nitrogens with one attached hydrogen (secondary N) is 1. The van der Waals surface area contributed by atoms with Gasteiger partial charge in [0.2, 0.25) is 0 Å². The van der Waals surface area contributed by atoms with Gasteiger partial charge in [0.25, 0.3) is 5.56 Å². The van der Waals surface area contributed by atoms with E-state index >= 15 is 0 Å². The van der Waals surface area contributed by atoms with Gasteiger partial charge in [-0.1, -0.05) is 18.2 Å². The molecule has 12 heteroatoms. The average molecular weight is 576 g/mol. The summed E-state index contributed by atoms with van der Waals surface area (Å²) in [7, 11) is 3.11. The number of aromatic amines is 1. The molecule has 1 unspecified atom stereocenters. The van der Waals surface area contributed by atoms with Gasteiger partial charge in [-0.2, -0.15) is 5.10 Å². The Morgan fingerprint density at radius 1 is 1.31 bits per heavy atom. The molecule has 0 bridgehead atoms. The normalized spacial score (nSPS) is 16.9. The molecule has 0 amide bonds. The van der Waals surface area contributed by atoms with E-state index in [9.17, 15) is 9.59 Å². The molecule has 0 spiro atoms. The number of methoxy groups -OCH3 is 1. The minimum atomic E-state index is -0.433. The van der Waals surface area contributed by atoms with E-state index in [1.165, 1.54) is 24.7 Å². The van der Waals surface area contributed by atoms with Crippen LogP contribution in [0.3, 0.4) is 0 Å². The third-order valence-corrected chi connectivity index (χ3v) is 8.33. The van der Waals surface area contributed by atoms with Gasteiger partial charge < -0.3 is 14.2 Å². The number of rotatable bonds is 8. The maximum Gasteiger partial charge on any atom is 0.332 e. The van der Waals surface area contributed by atoms with Crippen LogP contribution in [0, 0.1) is 0 Å². The molecule has 4 aromatic rings. The highest BCUT2D eigenvalue weighted by molar-refractivity contribution is 9.11. The fraction of sp³-hybridized carbons (Fsp3) is 0.417. The van der Waals surface area contributed by atoms with Crippen LogP contribution >= 0.6 is 27.3 Å². The minimum absolute atomic E-state index is 0.165. The summed E-state index contributed by atoms with van der Waals surface area (Å²) in [5, 5.41) is 7.12. The van der Waals surface area contributed by atoms with E-state index in [1.54, 1.807) is 11.7 Å². The quantitative estimate of drug-likeness (QED) is 0.342. The summed E-state index contributed by atoms with van der Waals surface area (Å²) in [6.45, 7) is 0.820. The largest absolute Gasteiger partial charge is 0.496 e. The zero-order valence-corrected chi connectivity index (χ0v) is 22.3. The van der Waals surface area contributed by atoms with E-state index < -0.39 is 11.8 Å². The molecule has 0 aliphatic carbocycles. The monoisotopic (exact) mass is 575 g/mol. The number of H-pyrrole nitrogens is 1. The number of aromatic nitrogens is 5. The molecule has 3 aromatic heterocycles. The number of halogens is 1. The van der Waals surface area contributed by atoms with Crippen molar-refractivity contribution in [3.8, 4) is 5.75 Å².